The molecule has 1 aliphatic rings. The second kappa shape index (κ2) is 2.63. The maximum absolute atomic E-state index is 11.2. The number of methoxy groups -OCH3 is 1. The van der Waals surface area contributed by atoms with Gasteiger partial charge in [-0.3, -0.25) is 4.79 Å². The maximum Gasteiger partial charge on any atom is 0.326 e. The van der Waals surface area contributed by atoms with Crippen molar-refractivity contribution in [2.45, 2.75) is 13.3 Å². The van der Waals surface area contributed by atoms with E-state index in [2.05, 4.69) is 11.3 Å². The molecule has 0 aromatic heterocycles. The molecule has 2 unspecified atom stereocenters. The Kier molecular flexibility index (Phi) is 1.93. The summed E-state index contributed by atoms with van der Waals surface area (Å²) in [4.78, 5) is 11.2. The number of ether oxygens (including phenoxy) is 1. The van der Waals surface area contributed by atoms with Gasteiger partial charge in [-0.05, 0) is 13.3 Å². The number of nitriles is 1. The van der Waals surface area contributed by atoms with Crippen LogP contribution in [0.4, 0.5) is 0 Å². The molecule has 1 saturated carbocycles. The van der Waals surface area contributed by atoms with Crippen LogP contribution in [0.25, 0.3) is 0 Å². The minimum atomic E-state index is -0.916. The van der Waals surface area contributed by atoms with E-state index in [-0.39, 0.29) is 5.92 Å². The molecule has 3 nitrogen and oxygen atoms in total. The van der Waals surface area contributed by atoms with Gasteiger partial charge in [0.15, 0.2) is 5.41 Å². The van der Waals surface area contributed by atoms with Gasteiger partial charge in [0.1, 0.15) is 0 Å². The van der Waals surface area contributed by atoms with Crippen LogP contribution in [0, 0.1) is 22.7 Å². The third-order valence-corrected chi connectivity index (χ3v) is 2.30. The third-order valence-electron chi connectivity index (χ3n) is 2.30. The summed E-state index contributed by atoms with van der Waals surface area (Å²) < 4.78 is 4.55. The van der Waals surface area contributed by atoms with Gasteiger partial charge in [-0.15, -0.1) is 0 Å². The zero-order valence-corrected chi connectivity index (χ0v) is 7.26. The molecule has 1 fully saturated rings. The van der Waals surface area contributed by atoms with E-state index in [0.29, 0.717) is 6.42 Å². The molecule has 2 atom stereocenters. The van der Waals surface area contributed by atoms with Crippen molar-refractivity contribution >= 4 is 5.97 Å². The lowest BCUT2D eigenvalue weighted by atomic mass is 10.0. The first-order valence-electron chi connectivity index (χ1n) is 3.73. The average molecular weight is 165 g/mol. The molecule has 12 heavy (non-hydrogen) atoms. The number of carbonyl (C=O) groups excluding carboxylic acids is 1. The molecule has 0 amide bonds. The highest BCUT2D eigenvalue weighted by molar-refractivity contribution is 5.84. The molecule has 3 heteroatoms. The fraction of sp³-hybridized carbons (Fsp3) is 0.556. The molecule has 0 bridgehead atoms. The van der Waals surface area contributed by atoms with Crippen LogP contribution in [0.5, 0.6) is 0 Å². The highest BCUT2D eigenvalue weighted by Crippen LogP contribution is 2.56. The first-order chi connectivity index (χ1) is 5.58. The quantitative estimate of drug-likeness (QED) is 0.457. The fourth-order valence-corrected chi connectivity index (χ4v) is 1.43. The highest BCUT2D eigenvalue weighted by atomic mass is 16.5. The van der Waals surface area contributed by atoms with Crippen molar-refractivity contribution in [3.8, 4) is 6.07 Å². The normalized spacial score (nSPS) is 31.9. The fourth-order valence-electron chi connectivity index (χ4n) is 1.43. The zero-order valence-electron chi connectivity index (χ0n) is 7.26. The molecule has 0 saturated heterocycles. The molecule has 0 heterocycles. The topological polar surface area (TPSA) is 50.1 Å². The van der Waals surface area contributed by atoms with E-state index in [0.717, 1.165) is 5.57 Å². The Bertz CT molecular complexity index is 277. The Hall–Kier alpha value is -1.30. The monoisotopic (exact) mass is 165 g/mol. The van der Waals surface area contributed by atoms with Gasteiger partial charge >= 0.3 is 5.97 Å². The van der Waals surface area contributed by atoms with Crippen LogP contribution < -0.4 is 0 Å². The number of allylic oxidation sites excluding steroid dienone is 1. The van der Waals surface area contributed by atoms with E-state index < -0.39 is 11.4 Å². The molecule has 64 valence electrons. The lowest BCUT2D eigenvalue weighted by Gasteiger charge is -2.04. The smallest absolute Gasteiger partial charge is 0.326 e. The summed E-state index contributed by atoms with van der Waals surface area (Å²) in [5.74, 6) is -0.437. The van der Waals surface area contributed by atoms with E-state index in [1.165, 1.54) is 7.11 Å². The van der Waals surface area contributed by atoms with Crippen molar-refractivity contribution < 1.29 is 9.53 Å². The van der Waals surface area contributed by atoms with E-state index in [1.807, 2.05) is 13.0 Å². The highest BCUT2D eigenvalue weighted by Gasteiger charge is 2.62. The van der Waals surface area contributed by atoms with Crippen LogP contribution in [0.1, 0.15) is 13.3 Å². The zero-order chi connectivity index (χ0) is 9.35. The average Bonchev–Trinajstić information content (AvgIpc) is 2.79. The molecule has 0 aliphatic heterocycles. The van der Waals surface area contributed by atoms with E-state index >= 15 is 0 Å². The molecule has 1 aliphatic carbocycles. The van der Waals surface area contributed by atoms with Gasteiger partial charge in [-0.25, -0.2) is 0 Å². The minimum Gasteiger partial charge on any atom is -0.468 e. The van der Waals surface area contributed by atoms with Crippen molar-refractivity contribution in [3.05, 3.63) is 12.2 Å². The largest absolute Gasteiger partial charge is 0.468 e. The second-order valence-electron chi connectivity index (χ2n) is 3.18. The Balaban J connectivity index is 2.80. The van der Waals surface area contributed by atoms with Crippen molar-refractivity contribution in [2.24, 2.45) is 11.3 Å². The molecular formula is C9H11NO2. The molecule has 0 radical (unpaired) electrons. The lowest BCUT2D eigenvalue weighted by molar-refractivity contribution is -0.145. The summed E-state index contributed by atoms with van der Waals surface area (Å²) in [5.41, 5.74) is -0.0393. The summed E-state index contributed by atoms with van der Waals surface area (Å²) in [7, 11) is 1.30. The lowest BCUT2D eigenvalue weighted by Crippen LogP contribution is -2.18. The predicted molar refractivity (Wildman–Crippen MR) is 43.0 cm³/mol. The minimum absolute atomic E-state index is 0.00468. The van der Waals surface area contributed by atoms with Crippen LogP contribution in [0.15, 0.2) is 12.2 Å². The summed E-state index contributed by atoms with van der Waals surface area (Å²) in [5, 5.41) is 8.79. The predicted octanol–water partition coefficient (Wildman–Crippen LogP) is 1.27. The number of esters is 1. The molecule has 0 N–H and O–H groups in total. The standard InChI is InChI=1S/C9H11NO2/c1-6(2)7-4-9(7,5-10)8(11)12-3/h7H,1,4H2,2-3H3. The van der Waals surface area contributed by atoms with Crippen LogP contribution in [0.2, 0.25) is 0 Å². The van der Waals surface area contributed by atoms with E-state index in [4.69, 9.17) is 5.26 Å². The summed E-state index contributed by atoms with van der Waals surface area (Å²) in [6.07, 6.45) is 0.561. The van der Waals surface area contributed by atoms with Gasteiger partial charge in [-0.1, -0.05) is 12.2 Å². The maximum atomic E-state index is 11.2. The van der Waals surface area contributed by atoms with Crippen molar-refractivity contribution in [2.75, 3.05) is 7.11 Å². The van der Waals surface area contributed by atoms with E-state index in [1.54, 1.807) is 0 Å². The summed E-state index contributed by atoms with van der Waals surface area (Å²) in [6, 6.07) is 2.00. The Morgan fingerprint density at radius 2 is 2.42 bits per heavy atom. The van der Waals surface area contributed by atoms with Crippen molar-refractivity contribution in [1.29, 1.82) is 5.26 Å². The van der Waals surface area contributed by atoms with Gasteiger partial charge in [0.05, 0.1) is 13.2 Å². The molecule has 0 aromatic carbocycles. The Labute approximate surface area is 71.6 Å². The molecule has 1 rings (SSSR count). The number of nitrogens with zero attached hydrogens (tertiary/aromatic N) is 1. The molecular weight excluding hydrogens is 154 g/mol. The van der Waals surface area contributed by atoms with Crippen LogP contribution in [0.3, 0.4) is 0 Å². The first kappa shape index (κ1) is 8.79. The van der Waals surface area contributed by atoms with Crippen LogP contribution in [-0.4, -0.2) is 13.1 Å². The molecule has 0 aromatic rings. The Morgan fingerprint density at radius 1 is 1.83 bits per heavy atom. The van der Waals surface area contributed by atoms with Crippen LogP contribution in [-0.2, 0) is 9.53 Å². The van der Waals surface area contributed by atoms with Gasteiger partial charge in [-0.2, -0.15) is 5.26 Å². The van der Waals surface area contributed by atoms with E-state index in [9.17, 15) is 4.79 Å². The van der Waals surface area contributed by atoms with Gasteiger partial charge in [0.25, 0.3) is 0 Å². The molecule has 0 spiro atoms. The number of carbonyl (C=O) groups is 1. The third kappa shape index (κ3) is 1.00. The van der Waals surface area contributed by atoms with Crippen molar-refractivity contribution in [1.82, 2.24) is 0 Å². The summed E-state index contributed by atoms with van der Waals surface area (Å²) >= 11 is 0. The van der Waals surface area contributed by atoms with Crippen LogP contribution >= 0.6 is 0 Å². The van der Waals surface area contributed by atoms with Crippen molar-refractivity contribution in [3.63, 3.8) is 0 Å². The summed E-state index contributed by atoms with van der Waals surface area (Å²) in [6.45, 7) is 5.54. The van der Waals surface area contributed by atoms with Gasteiger partial charge in [0.2, 0.25) is 0 Å². The van der Waals surface area contributed by atoms with Gasteiger partial charge < -0.3 is 4.74 Å². The SMILES string of the molecule is C=C(C)C1CC1(C#N)C(=O)OC. The number of rotatable bonds is 2. The first-order valence-corrected chi connectivity index (χ1v) is 3.73. The Morgan fingerprint density at radius 3 is 2.67 bits per heavy atom. The number of hydrogen-bond donors (Lipinski definition) is 0. The number of hydrogen-bond acceptors (Lipinski definition) is 3. The second-order valence-corrected chi connectivity index (χ2v) is 3.18. The van der Waals surface area contributed by atoms with Gasteiger partial charge in [0, 0.05) is 5.92 Å².